The number of ketones is 1. The van der Waals surface area contributed by atoms with Gasteiger partial charge in [0.15, 0.2) is 5.78 Å². The van der Waals surface area contributed by atoms with E-state index in [1.54, 1.807) is 0 Å². The number of carbonyl (C=O) groups is 1. The largest absolute Gasteiger partial charge is 0.301 e. The molecule has 42 heavy (non-hydrogen) atoms. The maximum absolute atomic E-state index is 13.2. The number of Topliss-reactive ketones (excluding diaryl/α,β-unsaturated/α-hetero) is 1. The minimum absolute atomic E-state index is 0.287. The minimum Gasteiger partial charge on any atom is -0.301 e. The van der Waals surface area contributed by atoms with Crippen molar-refractivity contribution in [2.24, 2.45) is 0 Å². The summed E-state index contributed by atoms with van der Waals surface area (Å²) in [5.74, 6) is 0.287. The van der Waals surface area contributed by atoms with Crippen LogP contribution in [0.1, 0.15) is 57.1 Å². The molecule has 0 aliphatic carbocycles. The number of hydrogen-bond acceptors (Lipinski definition) is 4. The highest BCUT2D eigenvalue weighted by Gasteiger charge is 2.26. The topological polar surface area (TPSA) is 26.8 Å². The van der Waals surface area contributed by atoms with Gasteiger partial charge in [-0.3, -0.25) is 14.6 Å². The molecule has 4 nitrogen and oxygen atoms in total. The van der Waals surface area contributed by atoms with Gasteiger partial charge < -0.3 is 4.90 Å². The highest BCUT2D eigenvalue weighted by atomic mass is 16.1. The van der Waals surface area contributed by atoms with E-state index in [0.717, 1.165) is 77.2 Å². The molecule has 2 aliphatic rings. The summed E-state index contributed by atoms with van der Waals surface area (Å²) in [7, 11) is 0. The van der Waals surface area contributed by atoms with Gasteiger partial charge in [-0.25, -0.2) is 0 Å². The lowest BCUT2D eigenvalue weighted by Crippen LogP contribution is -2.48. The lowest BCUT2D eigenvalue weighted by atomic mass is 9.96. The van der Waals surface area contributed by atoms with Crippen molar-refractivity contribution < 1.29 is 4.79 Å². The Morgan fingerprint density at radius 3 is 1.86 bits per heavy atom. The van der Waals surface area contributed by atoms with Gasteiger partial charge in [-0.05, 0) is 59.7 Å². The first-order chi connectivity index (χ1) is 20.7. The first-order valence-corrected chi connectivity index (χ1v) is 15.7. The number of rotatable bonds is 10. The summed E-state index contributed by atoms with van der Waals surface area (Å²) in [4.78, 5) is 20.9. The molecule has 0 amide bonds. The van der Waals surface area contributed by atoms with Crippen molar-refractivity contribution >= 4 is 5.78 Å². The van der Waals surface area contributed by atoms with E-state index in [9.17, 15) is 4.79 Å². The summed E-state index contributed by atoms with van der Waals surface area (Å²) < 4.78 is 0. The molecule has 4 heteroatoms. The van der Waals surface area contributed by atoms with Crippen molar-refractivity contribution in [3.63, 3.8) is 0 Å². The number of hydrogen-bond donors (Lipinski definition) is 0. The van der Waals surface area contributed by atoms with Gasteiger partial charge in [0.1, 0.15) is 0 Å². The average Bonchev–Trinajstić information content (AvgIpc) is 3.25. The second-order valence-electron chi connectivity index (χ2n) is 11.9. The van der Waals surface area contributed by atoms with Crippen LogP contribution in [-0.4, -0.2) is 66.3 Å². The third kappa shape index (κ3) is 7.25. The molecule has 0 N–H and O–H groups in total. The third-order valence-electron chi connectivity index (χ3n) is 9.05. The van der Waals surface area contributed by atoms with Gasteiger partial charge in [0.25, 0.3) is 0 Å². The molecule has 1 saturated heterocycles. The SMILES string of the molecule is O=C(CCCN1CCN(C(c2ccccc2)c2ccccc2)CC1)c1ccc2c(c1)CCN(Cc1ccccc1)CC2. The normalized spacial score (nSPS) is 16.7. The molecular weight excluding hydrogens is 514 g/mol. The van der Waals surface area contributed by atoms with E-state index < -0.39 is 0 Å². The Hall–Kier alpha value is -3.57. The first-order valence-electron chi connectivity index (χ1n) is 15.7. The Morgan fingerprint density at radius 2 is 1.21 bits per heavy atom. The smallest absolute Gasteiger partial charge is 0.162 e. The van der Waals surface area contributed by atoms with E-state index in [4.69, 9.17) is 0 Å². The van der Waals surface area contributed by atoms with Crippen LogP contribution >= 0.6 is 0 Å². The van der Waals surface area contributed by atoms with E-state index in [2.05, 4.69) is 124 Å². The van der Waals surface area contributed by atoms with Gasteiger partial charge >= 0.3 is 0 Å². The van der Waals surface area contributed by atoms with Crippen molar-refractivity contribution in [3.8, 4) is 0 Å². The Balaban J connectivity index is 0.981. The zero-order valence-corrected chi connectivity index (χ0v) is 24.7. The monoisotopic (exact) mass is 557 g/mol. The molecule has 0 bridgehead atoms. The Bertz CT molecular complexity index is 1380. The molecule has 0 saturated carbocycles. The van der Waals surface area contributed by atoms with Crippen molar-refractivity contribution in [3.05, 3.63) is 143 Å². The molecule has 0 unspecified atom stereocenters. The molecule has 216 valence electrons. The summed E-state index contributed by atoms with van der Waals surface area (Å²) in [5.41, 5.74) is 7.74. The zero-order chi connectivity index (χ0) is 28.6. The molecular formula is C38H43N3O. The lowest BCUT2D eigenvalue weighted by molar-refractivity contribution is 0.0942. The number of nitrogens with zero attached hydrogens (tertiary/aromatic N) is 3. The van der Waals surface area contributed by atoms with Crippen molar-refractivity contribution in [2.75, 3.05) is 45.8 Å². The van der Waals surface area contributed by atoms with Gasteiger partial charge in [-0.1, -0.05) is 103 Å². The summed E-state index contributed by atoms with van der Waals surface area (Å²) in [6.45, 7) is 8.25. The lowest BCUT2D eigenvalue weighted by Gasteiger charge is -2.39. The van der Waals surface area contributed by atoms with Crippen LogP contribution in [-0.2, 0) is 19.4 Å². The fourth-order valence-corrected chi connectivity index (χ4v) is 6.68. The van der Waals surface area contributed by atoms with Gasteiger partial charge in [0.2, 0.25) is 0 Å². The highest BCUT2D eigenvalue weighted by Crippen LogP contribution is 2.29. The minimum atomic E-state index is 0.287. The van der Waals surface area contributed by atoms with E-state index in [1.165, 1.54) is 27.8 Å². The van der Waals surface area contributed by atoms with E-state index in [1.807, 2.05) is 0 Å². The first kappa shape index (κ1) is 28.5. The summed E-state index contributed by atoms with van der Waals surface area (Å²) in [6, 6.07) is 39.2. The van der Waals surface area contributed by atoms with Crippen molar-refractivity contribution in [2.45, 2.75) is 38.3 Å². The number of fused-ring (bicyclic) bond motifs is 1. The molecule has 2 heterocycles. The van der Waals surface area contributed by atoms with Gasteiger partial charge in [-0.15, -0.1) is 0 Å². The second kappa shape index (κ2) is 14.1. The van der Waals surface area contributed by atoms with Gasteiger partial charge in [0, 0.05) is 57.8 Å². The molecule has 0 radical (unpaired) electrons. The second-order valence-corrected chi connectivity index (χ2v) is 11.9. The zero-order valence-electron chi connectivity index (χ0n) is 24.7. The van der Waals surface area contributed by atoms with Crippen molar-refractivity contribution in [1.29, 1.82) is 0 Å². The summed E-state index contributed by atoms with van der Waals surface area (Å²) >= 11 is 0. The molecule has 0 aromatic heterocycles. The Labute approximate surface area is 251 Å². The predicted molar refractivity (Wildman–Crippen MR) is 172 cm³/mol. The van der Waals surface area contributed by atoms with Crippen LogP contribution in [0.25, 0.3) is 0 Å². The molecule has 6 rings (SSSR count). The fraction of sp³-hybridized carbons (Fsp3) is 0.342. The third-order valence-corrected chi connectivity index (χ3v) is 9.05. The standard InChI is InChI=1S/C38H43N3O/c42-37(36-19-18-32-20-23-40(24-21-35(32)29-36)30-31-11-4-1-5-12-31)17-10-22-39-25-27-41(28-26-39)38(33-13-6-2-7-14-33)34-15-8-3-9-16-34/h1-9,11-16,18-19,29,38H,10,17,20-28,30H2. The highest BCUT2D eigenvalue weighted by molar-refractivity contribution is 5.96. The van der Waals surface area contributed by atoms with Crippen LogP contribution in [0.2, 0.25) is 0 Å². The number of carbonyl (C=O) groups excluding carboxylic acids is 1. The van der Waals surface area contributed by atoms with Crippen LogP contribution < -0.4 is 0 Å². The molecule has 2 aliphatic heterocycles. The van der Waals surface area contributed by atoms with E-state index in [-0.39, 0.29) is 11.8 Å². The summed E-state index contributed by atoms with van der Waals surface area (Å²) in [6.07, 6.45) is 3.61. The van der Waals surface area contributed by atoms with Gasteiger partial charge in [0.05, 0.1) is 6.04 Å². The predicted octanol–water partition coefficient (Wildman–Crippen LogP) is 6.66. The van der Waals surface area contributed by atoms with Crippen LogP contribution in [0.15, 0.2) is 109 Å². The molecule has 0 atom stereocenters. The fourth-order valence-electron chi connectivity index (χ4n) is 6.68. The molecule has 1 fully saturated rings. The molecule has 0 spiro atoms. The van der Waals surface area contributed by atoms with Crippen LogP contribution in [0.4, 0.5) is 0 Å². The summed E-state index contributed by atoms with van der Waals surface area (Å²) in [5, 5.41) is 0. The van der Waals surface area contributed by atoms with Gasteiger partial charge in [-0.2, -0.15) is 0 Å². The van der Waals surface area contributed by atoms with Crippen LogP contribution in [0.5, 0.6) is 0 Å². The quantitative estimate of drug-likeness (QED) is 0.204. The van der Waals surface area contributed by atoms with Crippen LogP contribution in [0, 0.1) is 0 Å². The Morgan fingerprint density at radius 1 is 0.619 bits per heavy atom. The maximum atomic E-state index is 13.2. The Kier molecular flexibility index (Phi) is 9.56. The van der Waals surface area contributed by atoms with E-state index in [0.29, 0.717) is 6.42 Å². The van der Waals surface area contributed by atoms with Crippen LogP contribution in [0.3, 0.4) is 0 Å². The van der Waals surface area contributed by atoms with Crippen molar-refractivity contribution in [1.82, 2.24) is 14.7 Å². The maximum Gasteiger partial charge on any atom is 0.162 e. The number of benzene rings is 4. The number of piperazine rings is 1. The average molecular weight is 558 g/mol. The molecule has 4 aromatic carbocycles. The van der Waals surface area contributed by atoms with E-state index >= 15 is 0 Å². The molecule has 4 aromatic rings.